The lowest BCUT2D eigenvalue weighted by molar-refractivity contribution is 0.218. The first-order chi connectivity index (χ1) is 4.62. The summed E-state index contributed by atoms with van der Waals surface area (Å²) in [6.07, 6.45) is 1.92. The quantitative estimate of drug-likeness (QED) is 0.553. The van der Waals surface area contributed by atoms with Gasteiger partial charge in [-0.3, -0.25) is 0 Å². The van der Waals surface area contributed by atoms with Gasteiger partial charge in [-0.15, -0.1) is 0 Å². The van der Waals surface area contributed by atoms with Crippen LogP contribution in [0.15, 0.2) is 0 Å². The van der Waals surface area contributed by atoms with Crippen LogP contribution >= 0.6 is 0 Å². The predicted molar refractivity (Wildman–Crippen MR) is 43.0 cm³/mol. The Morgan fingerprint density at radius 3 is 2.10 bits per heavy atom. The average Bonchev–Trinajstić information content (AvgIpc) is 2.16. The van der Waals surface area contributed by atoms with Crippen LogP contribution in [0.4, 0.5) is 4.39 Å². The second kappa shape index (κ2) is 4.67. The second-order valence-electron chi connectivity index (χ2n) is 3.05. The Kier molecular flexibility index (Phi) is 4.62. The molecule has 1 aliphatic heterocycles. The maximum atomic E-state index is 12.5. The van der Waals surface area contributed by atoms with Crippen LogP contribution in [0, 0.1) is 0 Å². The maximum absolute atomic E-state index is 12.5. The van der Waals surface area contributed by atoms with Crippen molar-refractivity contribution in [1.29, 1.82) is 0 Å². The van der Waals surface area contributed by atoms with Crippen LogP contribution in [-0.4, -0.2) is 18.8 Å². The number of hydrogen-bond acceptors (Lipinski definition) is 1. The Morgan fingerprint density at radius 2 is 2.00 bits per heavy atom. The van der Waals surface area contributed by atoms with Crippen LogP contribution in [0.1, 0.15) is 33.6 Å². The molecule has 0 radical (unpaired) electrons. The molecule has 1 fully saturated rings. The molecule has 1 nitrogen and oxygen atoms in total. The van der Waals surface area contributed by atoms with E-state index in [9.17, 15) is 4.39 Å². The van der Waals surface area contributed by atoms with E-state index in [0.29, 0.717) is 13.0 Å². The highest BCUT2D eigenvalue weighted by Crippen LogP contribution is 2.16. The largest absolute Gasteiger partial charge is 0.313 e. The summed E-state index contributed by atoms with van der Waals surface area (Å²) in [6.45, 7) is 7.26. The molecular weight excluding hydrogens is 129 g/mol. The van der Waals surface area contributed by atoms with E-state index in [1.54, 1.807) is 6.92 Å². The Hall–Kier alpha value is -0.110. The van der Waals surface area contributed by atoms with Crippen molar-refractivity contribution in [2.24, 2.45) is 0 Å². The molecule has 0 bridgehead atoms. The Bertz CT molecular complexity index is 73.3. The predicted octanol–water partition coefficient (Wildman–Crippen LogP) is 2.12. The fourth-order valence-electron chi connectivity index (χ4n) is 0.786. The first kappa shape index (κ1) is 9.89. The summed E-state index contributed by atoms with van der Waals surface area (Å²) < 4.78 is 12.5. The van der Waals surface area contributed by atoms with Gasteiger partial charge in [0.15, 0.2) is 0 Å². The minimum absolute atomic E-state index is 0.535. The molecule has 0 saturated carbocycles. The van der Waals surface area contributed by atoms with E-state index in [2.05, 4.69) is 19.2 Å². The molecule has 1 N–H and O–H groups in total. The van der Waals surface area contributed by atoms with E-state index < -0.39 is 5.67 Å². The summed E-state index contributed by atoms with van der Waals surface area (Å²) in [5, 5.41) is 2.94. The third kappa shape index (κ3) is 4.74. The van der Waals surface area contributed by atoms with Gasteiger partial charge in [0.25, 0.3) is 0 Å². The number of alkyl halides is 1. The molecule has 1 aliphatic rings. The smallest absolute Gasteiger partial charge is 0.121 e. The van der Waals surface area contributed by atoms with Gasteiger partial charge in [-0.25, -0.2) is 4.39 Å². The molecule has 2 heteroatoms. The van der Waals surface area contributed by atoms with Gasteiger partial charge in [-0.05, 0) is 19.9 Å². The zero-order valence-electron chi connectivity index (χ0n) is 7.21. The Morgan fingerprint density at radius 1 is 1.50 bits per heavy atom. The normalized spacial score (nSPS) is 31.2. The van der Waals surface area contributed by atoms with Crippen molar-refractivity contribution >= 4 is 0 Å². The summed E-state index contributed by atoms with van der Waals surface area (Å²) in [6, 6.07) is 0. The first-order valence-electron chi connectivity index (χ1n) is 4.02. The lowest BCUT2D eigenvalue weighted by atomic mass is 10.1. The SMILES string of the molecule is CC1(F)CCNC1.CCC. The Balaban J connectivity index is 0.000000236. The summed E-state index contributed by atoms with van der Waals surface area (Å²) in [4.78, 5) is 0. The molecule has 0 aromatic carbocycles. The minimum atomic E-state index is -0.917. The molecule has 1 saturated heterocycles. The summed E-state index contributed by atoms with van der Waals surface area (Å²) in [5.41, 5.74) is -0.917. The third-order valence-corrected chi connectivity index (χ3v) is 1.32. The molecule has 1 rings (SSSR count). The standard InChI is InChI=1S/C5H10FN.C3H8/c1-5(6)2-3-7-4-5;1-3-2/h7H,2-4H2,1H3;3H2,1-2H3. The zero-order chi connectivity index (χ0) is 8.04. The fraction of sp³-hybridized carbons (Fsp3) is 1.00. The van der Waals surface area contributed by atoms with Crippen LogP contribution in [0.3, 0.4) is 0 Å². The van der Waals surface area contributed by atoms with Crippen molar-refractivity contribution in [3.8, 4) is 0 Å². The zero-order valence-corrected chi connectivity index (χ0v) is 7.21. The van der Waals surface area contributed by atoms with Gasteiger partial charge in [0, 0.05) is 6.54 Å². The lowest BCUT2D eigenvalue weighted by Gasteiger charge is -2.07. The van der Waals surface area contributed by atoms with Gasteiger partial charge < -0.3 is 5.32 Å². The highest BCUT2D eigenvalue weighted by atomic mass is 19.1. The molecule has 1 unspecified atom stereocenters. The number of halogens is 1. The van der Waals surface area contributed by atoms with E-state index in [1.165, 1.54) is 6.42 Å². The third-order valence-electron chi connectivity index (χ3n) is 1.32. The van der Waals surface area contributed by atoms with E-state index in [4.69, 9.17) is 0 Å². The van der Waals surface area contributed by atoms with Crippen LogP contribution in [-0.2, 0) is 0 Å². The first-order valence-corrected chi connectivity index (χ1v) is 4.02. The average molecular weight is 147 g/mol. The van der Waals surface area contributed by atoms with Crippen LogP contribution in [0.2, 0.25) is 0 Å². The van der Waals surface area contributed by atoms with Crippen molar-refractivity contribution < 1.29 is 4.39 Å². The number of hydrogen-bond donors (Lipinski definition) is 1. The summed E-state index contributed by atoms with van der Waals surface area (Å²) in [7, 11) is 0. The van der Waals surface area contributed by atoms with E-state index in [1.807, 2.05) is 0 Å². The van der Waals surface area contributed by atoms with Crippen molar-refractivity contribution in [2.45, 2.75) is 39.3 Å². The summed E-state index contributed by atoms with van der Waals surface area (Å²) >= 11 is 0. The molecule has 1 atom stereocenters. The maximum Gasteiger partial charge on any atom is 0.121 e. The molecule has 0 aromatic heterocycles. The highest BCUT2D eigenvalue weighted by molar-refractivity contribution is 4.82. The van der Waals surface area contributed by atoms with Crippen molar-refractivity contribution in [2.75, 3.05) is 13.1 Å². The molecule has 0 amide bonds. The fourth-order valence-corrected chi connectivity index (χ4v) is 0.786. The topological polar surface area (TPSA) is 12.0 Å². The number of rotatable bonds is 0. The molecule has 1 heterocycles. The molecule has 0 aliphatic carbocycles. The molecule has 10 heavy (non-hydrogen) atoms. The summed E-state index contributed by atoms with van der Waals surface area (Å²) in [5.74, 6) is 0. The van der Waals surface area contributed by atoms with E-state index >= 15 is 0 Å². The Labute approximate surface area is 63.0 Å². The monoisotopic (exact) mass is 147 g/mol. The van der Waals surface area contributed by atoms with Gasteiger partial charge in [0.2, 0.25) is 0 Å². The van der Waals surface area contributed by atoms with Gasteiger partial charge in [-0.2, -0.15) is 0 Å². The van der Waals surface area contributed by atoms with Gasteiger partial charge in [-0.1, -0.05) is 20.3 Å². The van der Waals surface area contributed by atoms with Gasteiger partial charge in [0.05, 0.1) is 0 Å². The van der Waals surface area contributed by atoms with Crippen molar-refractivity contribution in [3.05, 3.63) is 0 Å². The molecule has 0 spiro atoms. The second-order valence-corrected chi connectivity index (χ2v) is 3.05. The van der Waals surface area contributed by atoms with Gasteiger partial charge >= 0.3 is 0 Å². The molecule has 62 valence electrons. The van der Waals surface area contributed by atoms with E-state index in [-0.39, 0.29) is 0 Å². The van der Waals surface area contributed by atoms with Crippen LogP contribution in [0.5, 0.6) is 0 Å². The lowest BCUT2D eigenvalue weighted by Crippen LogP contribution is -2.20. The highest BCUT2D eigenvalue weighted by Gasteiger charge is 2.26. The van der Waals surface area contributed by atoms with E-state index in [0.717, 1.165) is 6.54 Å². The molecular formula is C8H18FN. The van der Waals surface area contributed by atoms with Crippen molar-refractivity contribution in [1.82, 2.24) is 5.32 Å². The minimum Gasteiger partial charge on any atom is -0.313 e. The van der Waals surface area contributed by atoms with Crippen molar-refractivity contribution in [3.63, 3.8) is 0 Å². The van der Waals surface area contributed by atoms with Gasteiger partial charge in [0.1, 0.15) is 5.67 Å². The number of nitrogens with one attached hydrogen (secondary N) is 1. The van der Waals surface area contributed by atoms with Crippen LogP contribution in [0.25, 0.3) is 0 Å². The molecule has 0 aromatic rings. The van der Waals surface area contributed by atoms with Crippen LogP contribution < -0.4 is 5.32 Å².